The number of pyridine rings is 2. The molecule has 2 aromatic heterocycles. The number of hydrogen-bond acceptors (Lipinski definition) is 5. The second kappa shape index (κ2) is 8.35. The Balaban J connectivity index is 1.41. The molecule has 2 aliphatic heterocycles. The lowest BCUT2D eigenvalue weighted by Crippen LogP contribution is -2.50. The highest BCUT2D eigenvalue weighted by Gasteiger charge is 2.28. The molecule has 2 fully saturated rings. The van der Waals surface area contributed by atoms with Gasteiger partial charge in [0.1, 0.15) is 0 Å². The number of amides is 2. The lowest BCUT2D eigenvalue weighted by atomic mass is 9.95. The van der Waals surface area contributed by atoms with E-state index in [1.54, 1.807) is 6.20 Å². The molecule has 2 aromatic rings. The summed E-state index contributed by atoms with van der Waals surface area (Å²) in [6.45, 7) is 7.52. The largest absolute Gasteiger partial charge is 0.367 e. The van der Waals surface area contributed by atoms with Crippen LogP contribution in [0, 0.1) is 12.8 Å². The van der Waals surface area contributed by atoms with Gasteiger partial charge in [-0.3, -0.25) is 19.6 Å². The van der Waals surface area contributed by atoms with E-state index in [0.29, 0.717) is 12.3 Å². The molecule has 29 heavy (non-hydrogen) atoms. The van der Waals surface area contributed by atoms with E-state index in [-0.39, 0.29) is 24.3 Å². The topological polar surface area (TPSA) is 78.4 Å². The fourth-order valence-corrected chi connectivity index (χ4v) is 4.34. The van der Waals surface area contributed by atoms with Crippen LogP contribution >= 0.6 is 0 Å². The van der Waals surface area contributed by atoms with Crippen molar-refractivity contribution in [2.75, 3.05) is 31.1 Å². The van der Waals surface area contributed by atoms with Crippen LogP contribution in [0.1, 0.15) is 38.3 Å². The number of nitrogens with one attached hydrogen (secondary N) is 1. The smallest absolute Gasteiger partial charge is 0.223 e. The van der Waals surface area contributed by atoms with Crippen molar-refractivity contribution in [3.63, 3.8) is 0 Å². The highest BCUT2D eigenvalue weighted by molar-refractivity contribution is 5.92. The van der Waals surface area contributed by atoms with Crippen LogP contribution in [-0.4, -0.2) is 58.9 Å². The molecule has 2 aliphatic rings. The van der Waals surface area contributed by atoms with E-state index in [0.717, 1.165) is 61.3 Å². The van der Waals surface area contributed by atoms with Gasteiger partial charge in [-0.2, -0.15) is 0 Å². The first kappa shape index (κ1) is 19.6. The molecule has 7 nitrogen and oxygen atoms in total. The van der Waals surface area contributed by atoms with Gasteiger partial charge in [0.05, 0.1) is 23.1 Å². The first-order chi connectivity index (χ1) is 14.0. The standard InChI is InChI=1S/C22H29N5O2/c1-15-11-17(25-20(28)6-7-21(29)26-9-4-10-26)14-27(13-15)19-12-24-16(2)22-18(19)5-3-8-23-22/h3,5,8,12,15,17H,4,6-7,9-11,13-14H2,1-2H3,(H,25,28). The summed E-state index contributed by atoms with van der Waals surface area (Å²) in [5.41, 5.74) is 2.91. The minimum Gasteiger partial charge on any atom is -0.367 e. The average molecular weight is 396 g/mol. The zero-order valence-electron chi connectivity index (χ0n) is 17.2. The van der Waals surface area contributed by atoms with Crippen LogP contribution in [0.2, 0.25) is 0 Å². The van der Waals surface area contributed by atoms with Gasteiger partial charge in [0.25, 0.3) is 0 Å². The summed E-state index contributed by atoms with van der Waals surface area (Å²) in [4.78, 5) is 37.6. The summed E-state index contributed by atoms with van der Waals surface area (Å²) in [5.74, 6) is 0.506. The van der Waals surface area contributed by atoms with Gasteiger partial charge >= 0.3 is 0 Å². The number of anilines is 1. The summed E-state index contributed by atoms with van der Waals surface area (Å²) in [5, 5.41) is 4.25. The monoisotopic (exact) mass is 395 g/mol. The van der Waals surface area contributed by atoms with Crippen LogP contribution in [0.15, 0.2) is 24.5 Å². The maximum absolute atomic E-state index is 12.4. The van der Waals surface area contributed by atoms with Crippen molar-refractivity contribution in [3.05, 3.63) is 30.2 Å². The Labute approximate surface area is 171 Å². The van der Waals surface area contributed by atoms with Gasteiger partial charge in [0, 0.05) is 56.6 Å². The van der Waals surface area contributed by atoms with Gasteiger partial charge in [-0.15, -0.1) is 0 Å². The van der Waals surface area contributed by atoms with E-state index in [9.17, 15) is 9.59 Å². The van der Waals surface area contributed by atoms with Gasteiger partial charge < -0.3 is 15.1 Å². The Hall–Kier alpha value is -2.70. The van der Waals surface area contributed by atoms with Crippen molar-refractivity contribution in [2.24, 2.45) is 5.92 Å². The fraction of sp³-hybridized carbons (Fsp3) is 0.545. The number of rotatable bonds is 5. The summed E-state index contributed by atoms with van der Waals surface area (Å²) in [7, 11) is 0. The minimum absolute atomic E-state index is 0.0357. The summed E-state index contributed by atoms with van der Waals surface area (Å²) < 4.78 is 0. The van der Waals surface area contributed by atoms with Crippen molar-refractivity contribution in [2.45, 2.75) is 45.6 Å². The average Bonchev–Trinajstić information content (AvgIpc) is 2.65. The SMILES string of the molecule is Cc1ncc(N2CC(C)CC(NC(=O)CCC(=O)N3CCC3)C2)c2cccnc12. The van der Waals surface area contributed by atoms with E-state index in [2.05, 4.69) is 33.2 Å². The lowest BCUT2D eigenvalue weighted by Gasteiger charge is -2.38. The zero-order chi connectivity index (χ0) is 20.4. The third kappa shape index (κ3) is 4.33. The van der Waals surface area contributed by atoms with Gasteiger partial charge in [0.2, 0.25) is 11.8 Å². The van der Waals surface area contributed by atoms with Crippen LogP contribution in [0.3, 0.4) is 0 Å². The maximum atomic E-state index is 12.4. The Morgan fingerprint density at radius 2 is 2.03 bits per heavy atom. The van der Waals surface area contributed by atoms with Crippen LogP contribution in [0.25, 0.3) is 10.9 Å². The van der Waals surface area contributed by atoms with Crippen molar-refractivity contribution in [3.8, 4) is 0 Å². The third-order valence-electron chi connectivity index (χ3n) is 5.95. The molecular weight excluding hydrogens is 366 g/mol. The number of fused-ring (bicyclic) bond motifs is 1. The number of hydrogen-bond donors (Lipinski definition) is 1. The number of piperidine rings is 1. The first-order valence-electron chi connectivity index (χ1n) is 10.5. The molecule has 2 atom stereocenters. The number of likely N-dealkylation sites (tertiary alicyclic amines) is 1. The van der Waals surface area contributed by atoms with Gasteiger partial charge in [-0.05, 0) is 37.8 Å². The highest BCUT2D eigenvalue weighted by atomic mass is 16.2. The quantitative estimate of drug-likeness (QED) is 0.840. The number of nitrogens with zero attached hydrogens (tertiary/aromatic N) is 4. The maximum Gasteiger partial charge on any atom is 0.223 e. The second-order valence-corrected chi connectivity index (χ2v) is 8.37. The molecule has 2 saturated heterocycles. The molecule has 2 amide bonds. The Morgan fingerprint density at radius 1 is 1.21 bits per heavy atom. The third-order valence-corrected chi connectivity index (χ3v) is 5.95. The molecule has 0 radical (unpaired) electrons. The van der Waals surface area contributed by atoms with E-state index < -0.39 is 0 Å². The molecule has 154 valence electrons. The molecule has 0 aromatic carbocycles. The number of carbonyl (C=O) groups is 2. The molecule has 4 heterocycles. The van der Waals surface area contributed by atoms with Crippen LogP contribution in [0.5, 0.6) is 0 Å². The predicted molar refractivity (Wildman–Crippen MR) is 113 cm³/mol. The van der Waals surface area contributed by atoms with E-state index in [1.165, 1.54) is 0 Å². The molecule has 0 aliphatic carbocycles. The second-order valence-electron chi connectivity index (χ2n) is 8.37. The summed E-state index contributed by atoms with van der Waals surface area (Å²) >= 11 is 0. The molecule has 0 bridgehead atoms. The number of carbonyl (C=O) groups excluding carboxylic acids is 2. The number of aryl methyl sites for hydroxylation is 1. The van der Waals surface area contributed by atoms with E-state index in [4.69, 9.17) is 0 Å². The predicted octanol–water partition coefficient (Wildman–Crippen LogP) is 2.28. The zero-order valence-corrected chi connectivity index (χ0v) is 17.2. The van der Waals surface area contributed by atoms with E-state index in [1.807, 2.05) is 24.1 Å². The molecule has 2 unspecified atom stereocenters. The van der Waals surface area contributed by atoms with Gasteiger partial charge in [-0.25, -0.2) is 0 Å². The van der Waals surface area contributed by atoms with Crippen molar-refractivity contribution < 1.29 is 9.59 Å². The van der Waals surface area contributed by atoms with Gasteiger partial charge in [0.15, 0.2) is 0 Å². The molecule has 1 N–H and O–H groups in total. The molecule has 0 spiro atoms. The van der Waals surface area contributed by atoms with Gasteiger partial charge in [-0.1, -0.05) is 6.92 Å². The Kier molecular flexibility index (Phi) is 5.65. The van der Waals surface area contributed by atoms with Crippen LogP contribution in [-0.2, 0) is 9.59 Å². The summed E-state index contributed by atoms with van der Waals surface area (Å²) in [6, 6.07) is 4.10. The molecular formula is C22H29N5O2. The van der Waals surface area contributed by atoms with Crippen molar-refractivity contribution in [1.82, 2.24) is 20.2 Å². The summed E-state index contributed by atoms with van der Waals surface area (Å²) in [6.07, 6.45) is 6.30. The minimum atomic E-state index is -0.0357. The molecule has 7 heteroatoms. The van der Waals surface area contributed by atoms with Crippen molar-refractivity contribution >= 4 is 28.4 Å². The fourth-order valence-electron chi connectivity index (χ4n) is 4.34. The molecule has 0 saturated carbocycles. The molecule has 4 rings (SSSR count). The normalized spacial score (nSPS) is 21.7. The highest BCUT2D eigenvalue weighted by Crippen LogP contribution is 2.30. The number of aromatic nitrogens is 2. The van der Waals surface area contributed by atoms with Crippen LogP contribution in [0.4, 0.5) is 5.69 Å². The van der Waals surface area contributed by atoms with Crippen molar-refractivity contribution in [1.29, 1.82) is 0 Å². The lowest BCUT2D eigenvalue weighted by molar-refractivity contribution is -0.136. The first-order valence-corrected chi connectivity index (χ1v) is 10.5. The van der Waals surface area contributed by atoms with Crippen LogP contribution < -0.4 is 10.2 Å². The van der Waals surface area contributed by atoms with E-state index >= 15 is 0 Å². The Morgan fingerprint density at radius 3 is 2.79 bits per heavy atom. The Bertz CT molecular complexity index is 911.